The van der Waals surface area contributed by atoms with Crippen LogP contribution in [-0.4, -0.2) is 29.8 Å². The van der Waals surface area contributed by atoms with Crippen molar-refractivity contribution in [1.29, 1.82) is 0 Å². The van der Waals surface area contributed by atoms with Crippen molar-refractivity contribution < 1.29 is 4.79 Å². The maximum atomic E-state index is 12.0. The summed E-state index contributed by atoms with van der Waals surface area (Å²) in [5.41, 5.74) is 0. The molecule has 0 aromatic carbocycles. The number of rotatable bonds is 6. The summed E-state index contributed by atoms with van der Waals surface area (Å²) in [6.45, 7) is 6.80. The lowest BCUT2D eigenvalue weighted by Gasteiger charge is -2.31. The summed E-state index contributed by atoms with van der Waals surface area (Å²) in [5.74, 6) is 1.63. The van der Waals surface area contributed by atoms with E-state index in [1.807, 2.05) is 0 Å². The van der Waals surface area contributed by atoms with E-state index in [9.17, 15) is 4.79 Å². The summed E-state index contributed by atoms with van der Waals surface area (Å²) < 4.78 is 0. The van der Waals surface area contributed by atoms with Crippen molar-refractivity contribution in [3.8, 4) is 0 Å². The standard InChI is InChI=1S/C15H27NO/c1-3-4-9-16(14-6-7-14)11-13-10-12(2)5-8-15(13)17/h12-14H,3-11H2,1-2H3. The first-order valence-corrected chi connectivity index (χ1v) is 7.47. The average Bonchev–Trinajstić information content (AvgIpc) is 3.13. The monoisotopic (exact) mass is 237 g/mol. The lowest BCUT2D eigenvalue weighted by molar-refractivity contribution is -0.126. The molecule has 2 atom stereocenters. The Balaban J connectivity index is 1.84. The molecule has 2 aliphatic rings. The van der Waals surface area contributed by atoms with Crippen LogP contribution in [0.3, 0.4) is 0 Å². The minimum absolute atomic E-state index is 0.344. The van der Waals surface area contributed by atoms with E-state index in [1.54, 1.807) is 0 Å². The van der Waals surface area contributed by atoms with Crippen molar-refractivity contribution >= 4 is 5.78 Å². The SMILES string of the molecule is CCCCN(CC1CC(C)CCC1=O)C1CC1. The third kappa shape index (κ3) is 3.80. The number of ketones is 1. The van der Waals surface area contributed by atoms with Crippen molar-refractivity contribution in [2.24, 2.45) is 11.8 Å². The van der Waals surface area contributed by atoms with Crippen LogP contribution in [0, 0.1) is 11.8 Å². The van der Waals surface area contributed by atoms with Gasteiger partial charge in [-0.2, -0.15) is 0 Å². The second-order valence-electron chi connectivity index (χ2n) is 6.12. The largest absolute Gasteiger partial charge is 0.300 e. The molecule has 17 heavy (non-hydrogen) atoms. The normalized spacial score (nSPS) is 29.9. The fourth-order valence-corrected chi connectivity index (χ4v) is 3.01. The Morgan fingerprint density at radius 3 is 2.71 bits per heavy atom. The Bertz CT molecular complexity index is 260. The van der Waals surface area contributed by atoms with Crippen molar-refractivity contribution in [3.63, 3.8) is 0 Å². The molecule has 2 aliphatic carbocycles. The molecular formula is C15H27NO. The van der Waals surface area contributed by atoms with E-state index in [0.29, 0.717) is 11.7 Å². The predicted octanol–water partition coefficient (Wildman–Crippen LogP) is 3.26. The summed E-state index contributed by atoms with van der Waals surface area (Å²) in [6.07, 6.45) is 8.35. The number of carbonyl (C=O) groups excluding carboxylic acids is 1. The molecule has 0 aliphatic heterocycles. The fraction of sp³-hybridized carbons (Fsp3) is 0.933. The zero-order chi connectivity index (χ0) is 12.3. The molecule has 0 N–H and O–H groups in total. The molecule has 0 aromatic rings. The predicted molar refractivity (Wildman–Crippen MR) is 71.0 cm³/mol. The first-order valence-electron chi connectivity index (χ1n) is 7.47. The van der Waals surface area contributed by atoms with Crippen LogP contribution < -0.4 is 0 Å². The number of hydrogen-bond acceptors (Lipinski definition) is 2. The molecule has 0 bridgehead atoms. The Hall–Kier alpha value is -0.370. The molecule has 0 aromatic heterocycles. The van der Waals surface area contributed by atoms with Crippen molar-refractivity contribution in [1.82, 2.24) is 4.90 Å². The summed E-state index contributed by atoms with van der Waals surface area (Å²) in [4.78, 5) is 14.6. The van der Waals surface area contributed by atoms with Gasteiger partial charge in [0.15, 0.2) is 0 Å². The first-order chi connectivity index (χ1) is 8.20. The molecular weight excluding hydrogens is 210 g/mol. The van der Waals surface area contributed by atoms with Crippen LogP contribution in [0.15, 0.2) is 0 Å². The smallest absolute Gasteiger partial charge is 0.137 e. The van der Waals surface area contributed by atoms with Crippen molar-refractivity contribution in [2.45, 2.75) is 64.8 Å². The third-order valence-corrected chi connectivity index (χ3v) is 4.34. The van der Waals surface area contributed by atoms with Gasteiger partial charge >= 0.3 is 0 Å². The van der Waals surface area contributed by atoms with Gasteiger partial charge in [-0.25, -0.2) is 0 Å². The topological polar surface area (TPSA) is 20.3 Å². The number of hydrogen-bond donors (Lipinski definition) is 0. The zero-order valence-corrected chi connectivity index (χ0v) is 11.5. The molecule has 2 rings (SSSR count). The Morgan fingerprint density at radius 2 is 2.06 bits per heavy atom. The van der Waals surface area contributed by atoms with Gasteiger partial charge in [0.2, 0.25) is 0 Å². The summed E-state index contributed by atoms with van der Waals surface area (Å²) in [5, 5.41) is 0. The van der Waals surface area contributed by atoms with Crippen LogP contribution in [0.4, 0.5) is 0 Å². The third-order valence-electron chi connectivity index (χ3n) is 4.34. The van der Waals surface area contributed by atoms with Gasteiger partial charge in [0.25, 0.3) is 0 Å². The molecule has 2 unspecified atom stereocenters. The molecule has 0 spiro atoms. The molecule has 0 radical (unpaired) electrons. The highest BCUT2D eigenvalue weighted by molar-refractivity contribution is 5.81. The van der Waals surface area contributed by atoms with Gasteiger partial charge in [-0.05, 0) is 44.6 Å². The van der Waals surface area contributed by atoms with Crippen LogP contribution in [0.5, 0.6) is 0 Å². The molecule has 0 saturated heterocycles. The maximum Gasteiger partial charge on any atom is 0.137 e. The highest BCUT2D eigenvalue weighted by atomic mass is 16.1. The second-order valence-corrected chi connectivity index (χ2v) is 6.12. The van der Waals surface area contributed by atoms with Gasteiger partial charge in [0.05, 0.1) is 0 Å². The first kappa shape index (κ1) is 13.1. The maximum absolute atomic E-state index is 12.0. The van der Waals surface area contributed by atoms with E-state index in [2.05, 4.69) is 18.7 Å². The molecule has 2 nitrogen and oxygen atoms in total. The molecule has 2 heteroatoms. The molecule has 98 valence electrons. The summed E-state index contributed by atoms with van der Waals surface area (Å²) >= 11 is 0. The van der Waals surface area contributed by atoms with Gasteiger partial charge in [-0.3, -0.25) is 9.69 Å². The highest BCUT2D eigenvalue weighted by Crippen LogP contribution is 2.32. The fourth-order valence-electron chi connectivity index (χ4n) is 3.01. The van der Waals surface area contributed by atoms with Crippen LogP contribution in [0.1, 0.15) is 58.8 Å². The van der Waals surface area contributed by atoms with E-state index in [1.165, 1.54) is 32.2 Å². The van der Waals surface area contributed by atoms with Gasteiger partial charge in [-0.1, -0.05) is 20.3 Å². The zero-order valence-electron chi connectivity index (χ0n) is 11.5. The van der Waals surface area contributed by atoms with Gasteiger partial charge in [0.1, 0.15) is 5.78 Å². The van der Waals surface area contributed by atoms with Crippen LogP contribution >= 0.6 is 0 Å². The summed E-state index contributed by atoms with van der Waals surface area (Å²) in [6, 6.07) is 0.812. The molecule has 0 heterocycles. The second kappa shape index (κ2) is 5.99. The number of carbonyl (C=O) groups is 1. The number of unbranched alkanes of at least 4 members (excludes halogenated alkanes) is 1. The van der Waals surface area contributed by atoms with Gasteiger partial charge in [0, 0.05) is 24.9 Å². The molecule has 2 fully saturated rings. The highest BCUT2D eigenvalue weighted by Gasteiger charge is 2.33. The molecule has 2 saturated carbocycles. The minimum atomic E-state index is 0.344. The van der Waals surface area contributed by atoms with Crippen molar-refractivity contribution in [2.75, 3.05) is 13.1 Å². The number of nitrogens with zero attached hydrogens (tertiary/aromatic N) is 1. The van der Waals surface area contributed by atoms with Crippen LogP contribution in [-0.2, 0) is 4.79 Å². The van der Waals surface area contributed by atoms with E-state index in [-0.39, 0.29) is 0 Å². The minimum Gasteiger partial charge on any atom is -0.300 e. The van der Waals surface area contributed by atoms with Crippen molar-refractivity contribution in [3.05, 3.63) is 0 Å². The van der Waals surface area contributed by atoms with Crippen LogP contribution in [0.25, 0.3) is 0 Å². The quantitative estimate of drug-likeness (QED) is 0.707. The van der Waals surface area contributed by atoms with E-state index in [4.69, 9.17) is 0 Å². The van der Waals surface area contributed by atoms with E-state index >= 15 is 0 Å². The summed E-state index contributed by atoms with van der Waals surface area (Å²) in [7, 11) is 0. The Labute approximate surface area is 106 Å². The van der Waals surface area contributed by atoms with Gasteiger partial charge < -0.3 is 0 Å². The van der Waals surface area contributed by atoms with E-state index in [0.717, 1.165) is 37.8 Å². The average molecular weight is 237 g/mol. The lowest BCUT2D eigenvalue weighted by atomic mass is 9.81. The molecule has 0 amide bonds. The Morgan fingerprint density at radius 1 is 1.29 bits per heavy atom. The van der Waals surface area contributed by atoms with Crippen LogP contribution in [0.2, 0.25) is 0 Å². The number of Topliss-reactive ketones (excluding diaryl/α,β-unsaturated/α-hetero) is 1. The van der Waals surface area contributed by atoms with Gasteiger partial charge in [-0.15, -0.1) is 0 Å². The Kier molecular flexibility index (Phi) is 4.61. The van der Waals surface area contributed by atoms with E-state index < -0.39 is 0 Å². The lowest BCUT2D eigenvalue weighted by Crippen LogP contribution is -2.38.